The minimum absolute atomic E-state index is 0.284. The third-order valence-electron chi connectivity index (χ3n) is 6.04. The van der Waals surface area contributed by atoms with E-state index in [0.29, 0.717) is 29.0 Å². The van der Waals surface area contributed by atoms with Crippen LogP contribution in [0.2, 0.25) is 0 Å². The number of rotatable bonds is 7. The Morgan fingerprint density at radius 2 is 1.92 bits per heavy atom. The first-order chi connectivity index (χ1) is 17.4. The number of sulfonamides is 1. The van der Waals surface area contributed by atoms with Crippen molar-refractivity contribution in [2.75, 3.05) is 29.4 Å². The number of fused-ring (bicyclic) bond motifs is 1. The predicted octanol–water partition coefficient (Wildman–Crippen LogP) is 4.33. The van der Waals surface area contributed by atoms with E-state index in [4.69, 9.17) is 9.72 Å². The first-order valence-electron chi connectivity index (χ1n) is 11.8. The molecular weight excluding hydrogens is 476 g/mol. The molecule has 2 aromatic carbocycles. The smallest absolute Gasteiger partial charge is 0.229 e. The number of nitrogens with one attached hydrogen (secondary N) is 3. The fourth-order valence-corrected chi connectivity index (χ4v) is 4.94. The van der Waals surface area contributed by atoms with E-state index in [-0.39, 0.29) is 6.04 Å². The van der Waals surface area contributed by atoms with Crippen LogP contribution < -0.4 is 20.1 Å². The highest BCUT2D eigenvalue weighted by Crippen LogP contribution is 2.38. The lowest BCUT2D eigenvalue weighted by Crippen LogP contribution is -2.38. The van der Waals surface area contributed by atoms with Gasteiger partial charge < -0.3 is 15.4 Å². The normalized spacial score (nSPS) is 16.0. The van der Waals surface area contributed by atoms with Gasteiger partial charge in [-0.3, -0.25) is 4.72 Å². The maximum absolute atomic E-state index is 11.9. The van der Waals surface area contributed by atoms with E-state index in [1.807, 2.05) is 43.3 Å². The third-order valence-corrected chi connectivity index (χ3v) is 6.63. The van der Waals surface area contributed by atoms with Crippen molar-refractivity contribution >= 4 is 32.4 Å². The molecule has 1 atom stereocenters. The summed E-state index contributed by atoms with van der Waals surface area (Å²) in [6, 6.07) is 15.1. The number of aromatic nitrogens is 3. The lowest BCUT2D eigenvalue weighted by molar-refractivity contribution is 0.466. The Morgan fingerprint density at radius 3 is 2.72 bits per heavy atom. The van der Waals surface area contributed by atoms with Crippen LogP contribution in [0.3, 0.4) is 0 Å². The van der Waals surface area contributed by atoms with Crippen LogP contribution in [-0.2, 0) is 10.0 Å². The summed E-state index contributed by atoms with van der Waals surface area (Å²) in [7, 11) is -3.44. The molecule has 9 nitrogen and oxygen atoms in total. The molecule has 1 fully saturated rings. The van der Waals surface area contributed by atoms with Gasteiger partial charge in [0.15, 0.2) is 0 Å². The Bertz CT molecular complexity index is 1500. The van der Waals surface area contributed by atoms with Gasteiger partial charge in [0.2, 0.25) is 21.9 Å². The Hall–Kier alpha value is -3.76. The second-order valence-electron chi connectivity index (χ2n) is 8.90. The maximum Gasteiger partial charge on any atom is 0.229 e. The van der Waals surface area contributed by atoms with Crippen LogP contribution in [0.1, 0.15) is 18.4 Å². The first-order valence-corrected chi connectivity index (χ1v) is 13.7. The molecule has 36 heavy (non-hydrogen) atoms. The van der Waals surface area contributed by atoms with E-state index < -0.39 is 10.0 Å². The molecule has 5 rings (SSSR count). The van der Waals surface area contributed by atoms with Crippen LogP contribution in [0.5, 0.6) is 11.6 Å². The number of piperidine rings is 1. The van der Waals surface area contributed by atoms with Gasteiger partial charge in [-0.2, -0.15) is 0 Å². The number of ether oxygens (including phenoxy) is 1. The second-order valence-corrected chi connectivity index (χ2v) is 10.6. The Balaban J connectivity index is 1.50. The van der Waals surface area contributed by atoms with Gasteiger partial charge in [-0.1, -0.05) is 24.3 Å². The molecule has 1 saturated heterocycles. The Kier molecular flexibility index (Phi) is 6.71. The quantitative estimate of drug-likeness (QED) is 0.340. The summed E-state index contributed by atoms with van der Waals surface area (Å²) in [6.07, 6.45) is 6.71. The molecule has 1 aliphatic rings. The van der Waals surface area contributed by atoms with Crippen LogP contribution in [0.15, 0.2) is 60.9 Å². The second kappa shape index (κ2) is 10.1. The Morgan fingerprint density at radius 1 is 1.03 bits per heavy atom. The standard InChI is InChI=1S/C26H28N6O3S/c1-17-10-11-19-20(7-3-9-23(19)32-36(2,33)34)24(17)35-25-21(8-5-14-28-25)22-12-15-29-26(31-22)30-18-6-4-13-27-16-18/h3,5,7-12,14-15,18,27,32H,4,6,13,16H2,1-2H3,(H,29,30,31)/t18-/m0/s1. The fourth-order valence-electron chi connectivity index (χ4n) is 4.36. The number of pyridine rings is 1. The third kappa shape index (κ3) is 5.39. The number of benzene rings is 2. The van der Waals surface area contributed by atoms with Crippen molar-refractivity contribution in [3.05, 3.63) is 66.5 Å². The van der Waals surface area contributed by atoms with Crippen molar-refractivity contribution in [3.8, 4) is 22.9 Å². The maximum atomic E-state index is 11.9. The zero-order valence-electron chi connectivity index (χ0n) is 20.2. The molecule has 186 valence electrons. The summed E-state index contributed by atoms with van der Waals surface area (Å²) < 4.78 is 32.7. The number of hydrogen-bond acceptors (Lipinski definition) is 8. The number of hydrogen-bond donors (Lipinski definition) is 3. The molecule has 0 amide bonds. The molecule has 2 aromatic heterocycles. The van der Waals surface area contributed by atoms with E-state index in [9.17, 15) is 8.42 Å². The van der Waals surface area contributed by atoms with Crippen molar-refractivity contribution in [3.63, 3.8) is 0 Å². The van der Waals surface area contributed by atoms with Crippen LogP contribution in [0.4, 0.5) is 11.6 Å². The van der Waals surface area contributed by atoms with Gasteiger partial charge in [0.1, 0.15) is 5.75 Å². The van der Waals surface area contributed by atoms with Gasteiger partial charge in [-0.15, -0.1) is 0 Å². The predicted molar refractivity (Wildman–Crippen MR) is 142 cm³/mol. The van der Waals surface area contributed by atoms with Gasteiger partial charge in [0.25, 0.3) is 0 Å². The number of anilines is 2. The summed E-state index contributed by atoms with van der Waals surface area (Å²) in [5.74, 6) is 1.57. The first kappa shape index (κ1) is 24.0. The van der Waals surface area contributed by atoms with Gasteiger partial charge in [0.05, 0.1) is 23.2 Å². The van der Waals surface area contributed by atoms with Crippen LogP contribution in [0.25, 0.3) is 22.0 Å². The van der Waals surface area contributed by atoms with Crippen molar-refractivity contribution in [1.29, 1.82) is 0 Å². The molecule has 0 aliphatic carbocycles. The van der Waals surface area contributed by atoms with E-state index in [1.54, 1.807) is 24.5 Å². The molecule has 3 N–H and O–H groups in total. The van der Waals surface area contributed by atoms with Crippen LogP contribution in [0, 0.1) is 6.92 Å². The van der Waals surface area contributed by atoms with E-state index in [2.05, 4.69) is 25.3 Å². The van der Waals surface area contributed by atoms with E-state index >= 15 is 0 Å². The average molecular weight is 505 g/mol. The molecule has 1 aliphatic heterocycles. The molecule has 0 unspecified atom stereocenters. The average Bonchev–Trinajstić information content (AvgIpc) is 2.86. The lowest BCUT2D eigenvalue weighted by Gasteiger charge is -2.23. The molecule has 0 spiro atoms. The van der Waals surface area contributed by atoms with Gasteiger partial charge in [0, 0.05) is 35.8 Å². The largest absolute Gasteiger partial charge is 0.437 e. The van der Waals surface area contributed by atoms with Gasteiger partial charge in [-0.25, -0.2) is 23.4 Å². The molecular formula is C26H28N6O3S. The van der Waals surface area contributed by atoms with Gasteiger partial charge in [-0.05, 0) is 56.1 Å². The number of aryl methyl sites for hydroxylation is 1. The highest BCUT2D eigenvalue weighted by atomic mass is 32.2. The van der Waals surface area contributed by atoms with Crippen molar-refractivity contribution in [1.82, 2.24) is 20.3 Å². The van der Waals surface area contributed by atoms with Crippen molar-refractivity contribution < 1.29 is 13.2 Å². The van der Waals surface area contributed by atoms with Crippen molar-refractivity contribution in [2.45, 2.75) is 25.8 Å². The summed E-state index contributed by atoms with van der Waals surface area (Å²) in [4.78, 5) is 13.6. The minimum Gasteiger partial charge on any atom is -0.437 e. The molecule has 0 radical (unpaired) electrons. The SMILES string of the molecule is Cc1ccc2c(NS(C)(=O)=O)cccc2c1Oc1ncccc1-c1ccnc(N[C@H]2CCCNC2)n1. The fraction of sp³-hybridized carbons (Fsp3) is 0.269. The molecule has 10 heteroatoms. The highest BCUT2D eigenvalue weighted by molar-refractivity contribution is 7.92. The summed E-state index contributed by atoms with van der Waals surface area (Å²) in [5, 5.41) is 8.31. The Labute approximate surface area is 210 Å². The summed E-state index contributed by atoms with van der Waals surface area (Å²) >= 11 is 0. The number of nitrogens with zero attached hydrogens (tertiary/aromatic N) is 3. The van der Waals surface area contributed by atoms with E-state index in [0.717, 1.165) is 54.1 Å². The zero-order valence-corrected chi connectivity index (χ0v) is 21.0. The summed E-state index contributed by atoms with van der Waals surface area (Å²) in [6.45, 7) is 3.86. The van der Waals surface area contributed by atoms with Crippen LogP contribution in [-0.4, -0.2) is 48.8 Å². The minimum atomic E-state index is -3.44. The lowest BCUT2D eigenvalue weighted by atomic mass is 10.0. The monoisotopic (exact) mass is 504 g/mol. The molecule has 4 aromatic rings. The molecule has 0 bridgehead atoms. The molecule has 3 heterocycles. The highest BCUT2D eigenvalue weighted by Gasteiger charge is 2.18. The van der Waals surface area contributed by atoms with Crippen molar-refractivity contribution in [2.24, 2.45) is 0 Å². The molecule has 0 saturated carbocycles. The van der Waals surface area contributed by atoms with Crippen LogP contribution >= 0.6 is 0 Å². The van der Waals surface area contributed by atoms with E-state index in [1.165, 1.54) is 0 Å². The summed E-state index contributed by atoms with van der Waals surface area (Å²) in [5.41, 5.74) is 2.80. The zero-order chi connectivity index (χ0) is 25.1. The topological polar surface area (TPSA) is 118 Å². The van der Waals surface area contributed by atoms with Gasteiger partial charge >= 0.3 is 0 Å².